The van der Waals surface area contributed by atoms with Crippen molar-refractivity contribution >= 4 is 15.9 Å². The molecule has 2 N–H and O–H groups in total. The van der Waals surface area contributed by atoms with E-state index in [0.717, 1.165) is 0 Å². The number of alkyl halides is 1. The van der Waals surface area contributed by atoms with Crippen LogP contribution >= 0.6 is 15.9 Å². The fourth-order valence-electron chi connectivity index (χ4n) is 1.19. The Kier molecular flexibility index (Phi) is 3.92. The van der Waals surface area contributed by atoms with Gasteiger partial charge in [-0.1, -0.05) is 15.9 Å². The number of hydrogen-bond donors (Lipinski definition) is 2. The van der Waals surface area contributed by atoms with Crippen LogP contribution in [0.25, 0.3) is 0 Å². The third kappa shape index (κ3) is 2.17. The van der Waals surface area contributed by atoms with Crippen molar-refractivity contribution in [3.8, 4) is 0 Å². The number of rotatable bonds is 2. The Morgan fingerprint density at radius 3 is 2.75 bits per heavy atom. The van der Waals surface area contributed by atoms with Crippen LogP contribution in [0.1, 0.15) is 6.42 Å². The summed E-state index contributed by atoms with van der Waals surface area (Å²) < 4.78 is 10.2. The van der Waals surface area contributed by atoms with Crippen LogP contribution in [0, 0.1) is 0 Å². The zero-order valence-electron chi connectivity index (χ0n) is 6.81. The summed E-state index contributed by atoms with van der Waals surface area (Å²) in [5.74, 6) is 0. The first-order valence-electron chi connectivity index (χ1n) is 3.79. The number of hydrogen-bond acceptors (Lipinski definition) is 4. The number of halogens is 1. The second-order valence-electron chi connectivity index (χ2n) is 2.79. The fourth-order valence-corrected chi connectivity index (χ4v) is 1.73. The maximum absolute atomic E-state index is 9.39. The molecule has 0 saturated carbocycles. The summed E-state index contributed by atoms with van der Waals surface area (Å²) >= 11 is 3.18. The van der Waals surface area contributed by atoms with Crippen LogP contribution in [0.4, 0.5) is 0 Å². The zero-order chi connectivity index (χ0) is 9.14. The summed E-state index contributed by atoms with van der Waals surface area (Å²) in [6, 6.07) is 0. The fraction of sp³-hybridized carbons (Fsp3) is 1.00. The Hall–Kier alpha value is 0.320. The van der Waals surface area contributed by atoms with Gasteiger partial charge in [0.1, 0.15) is 6.10 Å². The molecule has 1 rings (SSSR count). The van der Waals surface area contributed by atoms with Gasteiger partial charge in [-0.2, -0.15) is 0 Å². The van der Waals surface area contributed by atoms with Gasteiger partial charge in [-0.3, -0.25) is 0 Å². The lowest BCUT2D eigenvalue weighted by molar-refractivity contribution is -0.235. The van der Waals surface area contributed by atoms with Gasteiger partial charge in [-0.15, -0.1) is 0 Å². The smallest absolute Gasteiger partial charge is 0.160 e. The van der Waals surface area contributed by atoms with E-state index in [0.29, 0.717) is 11.8 Å². The Bertz CT molecular complexity index is 143. The minimum absolute atomic E-state index is 0.321. The highest BCUT2D eigenvalue weighted by Gasteiger charge is 2.35. The monoisotopic (exact) mass is 240 g/mol. The first-order chi connectivity index (χ1) is 5.69. The van der Waals surface area contributed by atoms with Gasteiger partial charge >= 0.3 is 0 Å². The van der Waals surface area contributed by atoms with E-state index in [1.54, 1.807) is 0 Å². The van der Waals surface area contributed by atoms with Crippen molar-refractivity contribution in [3.63, 3.8) is 0 Å². The SMILES string of the molecule is CO[C@@H]1CC(O)[C@H](O)C(CBr)O1. The van der Waals surface area contributed by atoms with E-state index in [2.05, 4.69) is 15.9 Å². The lowest BCUT2D eigenvalue weighted by Gasteiger charge is -2.35. The highest BCUT2D eigenvalue weighted by Crippen LogP contribution is 2.21. The van der Waals surface area contributed by atoms with E-state index in [4.69, 9.17) is 9.47 Å². The largest absolute Gasteiger partial charge is 0.390 e. The van der Waals surface area contributed by atoms with Crippen molar-refractivity contribution in [2.24, 2.45) is 0 Å². The van der Waals surface area contributed by atoms with E-state index in [9.17, 15) is 10.2 Å². The second-order valence-corrected chi connectivity index (χ2v) is 3.44. The van der Waals surface area contributed by atoms with Gasteiger partial charge in [0.15, 0.2) is 6.29 Å². The summed E-state index contributed by atoms with van der Waals surface area (Å²) in [4.78, 5) is 0. The van der Waals surface area contributed by atoms with E-state index >= 15 is 0 Å². The molecule has 72 valence electrons. The van der Waals surface area contributed by atoms with Crippen molar-refractivity contribution in [1.29, 1.82) is 0 Å². The Morgan fingerprint density at radius 2 is 2.25 bits per heavy atom. The van der Waals surface area contributed by atoms with Gasteiger partial charge in [-0.05, 0) is 0 Å². The first kappa shape index (κ1) is 10.4. The third-order valence-electron chi connectivity index (χ3n) is 1.95. The van der Waals surface area contributed by atoms with Crippen LogP contribution < -0.4 is 0 Å². The van der Waals surface area contributed by atoms with Crippen LogP contribution in [-0.2, 0) is 9.47 Å². The van der Waals surface area contributed by atoms with Crippen LogP contribution in [0.15, 0.2) is 0 Å². The Morgan fingerprint density at radius 1 is 1.58 bits per heavy atom. The highest BCUT2D eigenvalue weighted by molar-refractivity contribution is 9.09. The molecule has 1 heterocycles. The summed E-state index contributed by atoms with van der Waals surface area (Å²) in [6.07, 6.45) is -2.06. The molecule has 0 aromatic heterocycles. The molecule has 1 aliphatic heterocycles. The number of ether oxygens (including phenoxy) is 2. The summed E-state index contributed by atoms with van der Waals surface area (Å²) in [6.45, 7) is 0. The molecule has 0 amide bonds. The van der Waals surface area contributed by atoms with Crippen LogP contribution in [0.2, 0.25) is 0 Å². The third-order valence-corrected chi connectivity index (χ3v) is 2.59. The van der Waals surface area contributed by atoms with Gasteiger partial charge in [0, 0.05) is 18.9 Å². The van der Waals surface area contributed by atoms with Crippen molar-refractivity contribution < 1.29 is 19.7 Å². The summed E-state index contributed by atoms with van der Waals surface area (Å²) in [5, 5.41) is 19.2. The van der Waals surface area contributed by atoms with Gasteiger partial charge < -0.3 is 19.7 Å². The minimum Gasteiger partial charge on any atom is -0.390 e. The molecule has 1 fully saturated rings. The topological polar surface area (TPSA) is 58.9 Å². The Labute approximate surface area is 79.6 Å². The van der Waals surface area contributed by atoms with Crippen LogP contribution in [-0.4, -0.2) is 47.3 Å². The van der Waals surface area contributed by atoms with Gasteiger partial charge in [0.25, 0.3) is 0 Å². The highest BCUT2D eigenvalue weighted by atomic mass is 79.9. The molecular weight excluding hydrogens is 228 g/mol. The molecule has 1 aliphatic rings. The van der Waals surface area contributed by atoms with Crippen molar-refractivity contribution in [3.05, 3.63) is 0 Å². The molecule has 4 atom stereocenters. The molecule has 5 heteroatoms. The Balaban J connectivity index is 2.52. The molecule has 0 spiro atoms. The number of aliphatic hydroxyl groups is 2. The summed E-state index contributed by atoms with van der Waals surface area (Å²) in [5.41, 5.74) is 0. The maximum atomic E-state index is 9.39. The van der Waals surface area contributed by atoms with Crippen LogP contribution in [0.5, 0.6) is 0 Å². The lowest BCUT2D eigenvalue weighted by atomic mass is 10.0. The molecule has 4 nitrogen and oxygen atoms in total. The normalized spacial score (nSPS) is 43.0. The van der Waals surface area contributed by atoms with Gasteiger partial charge in [0.05, 0.1) is 12.2 Å². The predicted octanol–water partition coefficient (Wildman–Crippen LogP) is -0.135. The average molecular weight is 241 g/mol. The zero-order valence-corrected chi connectivity index (χ0v) is 8.40. The number of methoxy groups -OCH3 is 1. The molecule has 1 saturated heterocycles. The standard InChI is InChI=1S/C7H13BrO4/c1-11-6-2-4(9)7(10)5(3-8)12-6/h4-7,9-10H,2-3H2,1H3/t4?,5?,6-,7-/m0/s1. The quantitative estimate of drug-likeness (QED) is 0.661. The predicted molar refractivity (Wildman–Crippen MR) is 46.1 cm³/mol. The first-order valence-corrected chi connectivity index (χ1v) is 4.91. The summed E-state index contributed by atoms with van der Waals surface area (Å²) in [7, 11) is 1.51. The van der Waals surface area contributed by atoms with E-state index in [1.807, 2.05) is 0 Å². The lowest BCUT2D eigenvalue weighted by Crippen LogP contribution is -2.49. The van der Waals surface area contributed by atoms with E-state index in [1.165, 1.54) is 7.11 Å². The van der Waals surface area contributed by atoms with Gasteiger partial charge in [0.2, 0.25) is 0 Å². The maximum Gasteiger partial charge on any atom is 0.160 e. The molecule has 0 radical (unpaired) electrons. The molecule has 2 unspecified atom stereocenters. The minimum atomic E-state index is -0.823. The molecule has 12 heavy (non-hydrogen) atoms. The molecule has 0 aromatic rings. The van der Waals surface area contributed by atoms with E-state index < -0.39 is 24.6 Å². The average Bonchev–Trinajstić information content (AvgIpc) is 2.09. The second kappa shape index (κ2) is 4.53. The molecule has 0 aliphatic carbocycles. The molecule has 0 aromatic carbocycles. The van der Waals surface area contributed by atoms with E-state index in [-0.39, 0.29) is 0 Å². The van der Waals surface area contributed by atoms with Crippen molar-refractivity contribution in [2.75, 3.05) is 12.4 Å². The van der Waals surface area contributed by atoms with Gasteiger partial charge in [-0.25, -0.2) is 0 Å². The van der Waals surface area contributed by atoms with Crippen molar-refractivity contribution in [2.45, 2.75) is 31.0 Å². The number of aliphatic hydroxyl groups excluding tert-OH is 2. The molecular formula is C7H13BrO4. The molecule has 0 bridgehead atoms. The van der Waals surface area contributed by atoms with Crippen LogP contribution in [0.3, 0.4) is 0 Å². The van der Waals surface area contributed by atoms with Crippen molar-refractivity contribution in [1.82, 2.24) is 0 Å².